The third-order valence-electron chi connectivity index (χ3n) is 6.58. The molecule has 0 aliphatic heterocycles. The van der Waals surface area contributed by atoms with Crippen LogP contribution in [0.5, 0.6) is 0 Å². The van der Waals surface area contributed by atoms with Crippen LogP contribution in [0.4, 0.5) is 0 Å². The predicted molar refractivity (Wildman–Crippen MR) is 156 cm³/mol. The quantitative estimate of drug-likeness (QED) is 0.168. The van der Waals surface area contributed by atoms with E-state index in [2.05, 4.69) is 113 Å². The number of pyridine rings is 1. The monoisotopic (exact) mass is 690 g/mol. The SMILES string of the molecule is Cc1cc(C)cc(-c2ccccc2-c2c[c-]c(-c3ccc(-c4nc(C(C)C)nc(C(C)C)n4)cn3)cc2)c1.[Ir]. The summed E-state index contributed by atoms with van der Waals surface area (Å²) in [5.41, 5.74) is 10.0. The molecule has 0 bridgehead atoms. The molecule has 39 heavy (non-hydrogen) atoms. The molecular weight excluding hydrogens is 657 g/mol. The normalized spacial score (nSPS) is 11.1. The average molecular weight is 690 g/mol. The van der Waals surface area contributed by atoms with Gasteiger partial charge in [-0.05, 0) is 30.7 Å². The van der Waals surface area contributed by atoms with E-state index in [9.17, 15) is 0 Å². The minimum Gasteiger partial charge on any atom is -0.304 e. The van der Waals surface area contributed by atoms with Crippen LogP contribution in [0.15, 0.2) is 79.0 Å². The van der Waals surface area contributed by atoms with Crippen LogP contribution in [-0.4, -0.2) is 19.9 Å². The van der Waals surface area contributed by atoms with E-state index in [-0.39, 0.29) is 31.9 Å². The minimum absolute atomic E-state index is 0. The Morgan fingerprint density at radius 1 is 0.641 bits per heavy atom. The number of hydrogen-bond acceptors (Lipinski definition) is 4. The van der Waals surface area contributed by atoms with Crippen molar-refractivity contribution in [2.45, 2.75) is 53.4 Å². The molecular formula is C34H33IrN4-. The Bertz CT molecular complexity index is 1530. The zero-order chi connectivity index (χ0) is 26.8. The standard InChI is InChI=1S/C34H33N4.Ir/c1-21(2)32-36-33(22(3)4)38-34(37-32)27-15-16-31(35-20-27)26-13-11-25(12-14-26)29-9-7-8-10-30(29)28-18-23(5)17-24(6)19-28;/h7-13,15-22H,1-6H3;/q-1;. The van der Waals surface area contributed by atoms with Gasteiger partial charge in [0.15, 0.2) is 5.82 Å². The molecule has 5 aromatic rings. The van der Waals surface area contributed by atoms with Crippen molar-refractivity contribution < 1.29 is 20.1 Å². The Morgan fingerprint density at radius 3 is 1.74 bits per heavy atom. The van der Waals surface area contributed by atoms with Gasteiger partial charge in [-0.3, -0.25) is 0 Å². The summed E-state index contributed by atoms with van der Waals surface area (Å²) in [6, 6.07) is 29.1. The topological polar surface area (TPSA) is 51.6 Å². The third kappa shape index (κ3) is 6.38. The first-order valence-electron chi connectivity index (χ1n) is 13.2. The van der Waals surface area contributed by atoms with Crippen LogP contribution in [0, 0.1) is 19.9 Å². The number of benzene rings is 3. The van der Waals surface area contributed by atoms with Gasteiger partial charge in [0.25, 0.3) is 0 Å². The maximum absolute atomic E-state index is 4.73. The fourth-order valence-electron chi connectivity index (χ4n) is 4.61. The maximum atomic E-state index is 4.73. The van der Waals surface area contributed by atoms with E-state index in [0.717, 1.165) is 34.0 Å². The van der Waals surface area contributed by atoms with Crippen molar-refractivity contribution in [2.75, 3.05) is 0 Å². The van der Waals surface area contributed by atoms with Gasteiger partial charge in [-0.15, -0.1) is 29.8 Å². The summed E-state index contributed by atoms with van der Waals surface area (Å²) in [4.78, 5) is 18.8. The first-order chi connectivity index (χ1) is 18.3. The van der Waals surface area contributed by atoms with Gasteiger partial charge in [0.05, 0.1) is 0 Å². The predicted octanol–water partition coefficient (Wildman–Crippen LogP) is 8.60. The van der Waals surface area contributed by atoms with Crippen LogP contribution >= 0.6 is 0 Å². The fourth-order valence-corrected chi connectivity index (χ4v) is 4.61. The molecule has 3 aromatic carbocycles. The fraction of sp³-hybridized carbons (Fsp3) is 0.235. The molecule has 1 radical (unpaired) electrons. The largest absolute Gasteiger partial charge is 0.304 e. The van der Waals surface area contributed by atoms with E-state index in [4.69, 9.17) is 15.0 Å². The molecule has 5 rings (SSSR count). The molecule has 5 heteroatoms. The minimum atomic E-state index is 0. The zero-order valence-electron chi connectivity index (χ0n) is 23.3. The van der Waals surface area contributed by atoms with Crippen LogP contribution in [0.3, 0.4) is 0 Å². The second-order valence-electron chi connectivity index (χ2n) is 10.5. The van der Waals surface area contributed by atoms with Gasteiger partial charge in [0.1, 0.15) is 11.6 Å². The first kappa shape index (κ1) is 28.5. The number of nitrogens with zero attached hydrogens (tertiary/aromatic N) is 4. The van der Waals surface area contributed by atoms with Crippen LogP contribution in [0.1, 0.15) is 62.3 Å². The van der Waals surface area contributed by atoms with E-state index in [1.807, 2.05) is 18.3 Å². The van der Waals surface area contributed by atoms with Crippen molar-refractivity contribution in [3.63, 3.8) is 0 Å². The molecule has 0 saturated carbocycles. The summed E-state index contributed by atoms with van der Waals surface area (Å²) < 4.78 is 0. The first-order valence-corrected chi connectivity index (χ1v) is 13.2. The van der Waals surface area contributed by atoms with Gasteiger partial charge in [0.2, 0.25) is 0 Å². The number of aromatic nitrogens is 4. The van der Waals surface area contributed by atoms with Gasteiger partial charge in [-0.25, -0.2) is 15.0 Å². The van der Waals surface area contributed by atoms with E-state index in [1.54, 1.807) is 0 Å². The molecule has 0 N–H and O–H groups in total. The van der Waals surface area contributed by atoms with Crippen molar-refractivity contribution >= 4 is 0 Å². The van der Waals surface area contributed by atoms with Gasteiger partial charge in [0, 0.05) is 43.7 Å². The van der Waals surface area contributed by atoms with Gasteiger partial charge < -0.3 is 4.98 Å². The van der Waals surface area contributed by atoms with Crippen LogP contribution in [-0.2, 0) is 20.1 Å². The number of hydrogen-bond donors (Lipinski definition) is 0. The van der Waals surface area contributed by atoms with Crippen LogP contribution < -0.4 is 0 Å². The van der Waals surface area contributed by atoms with E-state index >= 15 is 0 Å². The maximum Gasteiger partial charge on any atom is 0.164 e. The molecule has 0 unspecified atom stereocenters. The van der Waals surface area contributed by atoms with Crippen LogP contribution in [0.25, 0.3) is 44.9 Å². The summed E-state index contributed by atoms with van der Waals surface area (Å²) >= 11 is 0. The molecule has 0 spiro atoms. The second kappa shape index (κ2) is 12.1. The third-order valence-corrected chi connectivity index (χ3v) is 6.58. The van der Waals surface area contributed by atoms with E-state index in [1.165, 1.54) is 27.8 Å². The molecule has 2 heterocycles. The molecule has 2 aromatic heterocycles. The van der Waals surface area contributed by atoms with Crippen molar-refractivity contribution in [3.05, 3.63) is 108 Å². The smallest absolute Gasteiger partial charge is 0.164 e. The van der Waals surface area contributed by atoms with Gasteiger partial charge >= 0.3 is 0 Å². The van der Waals surface area contributed by atoms with Crippen molar-refractivity contribution in [3.8, 4) is 44.9 Å². The van der Waals surface area contributed by atoms with E-state index in [0.29, 0.717) is 5.82 Å². The molecule has 199 valence electrons. The Morgan fingerprint density at radius 2 is 1.23 bits per heavy atom. The van der Waals surface area contributed by atoms with Gasteiger partial charge in [-0.2, -0.15) is 0 Å². The zero-order valence-corrected chi connectivity index (χ0v) is 25.7. The molecule has 0 amide bonds. The number of rotatable bonds is 6. The Balaban J connectivity index is 0.00000353. The molecule has 0 aliphatic carbocycles. The summed E-state index contributed by atoms with van der Waals surface area (Å²) in [6.07, 6.45) is 1.84. The van der Waals surface area contributed by atoms with Gasteiger partial charge in [-0.1, -0.05) is 105 Å². The Labute approximate surface area is 245 Å². The molecule has 0 atom stereocenters. The molecule has 0 saturated heterocycles. The molecule has 0 fully saturated rings. The summed E-state index contributed by atoms with van der Waals surface area (Å²) in [7, 11) is 0. The summed E-state index contributed by atoms with van der Waals surface area (Å²) in [6.45, 7) is 12.7. The Kier molecular flexibility index (Phi) is 8.84. The summed E-state index contributed by atoms with van der Waals surface area (Å²) in [5.74, 6) is 2.76. The molecule has 4 nitrogen and oxygen atoms in total. The van der Waals surface area contributed by atoms with Crippen molar-refractivity contribution in [2.24, 2.45) is 0 Å². The number of aryl methyl sites for hydroxylation is 2. The Hall–Kier alpha value is -3.53. The molecule has 0 aliphatic rings. The average Bonchev–Trinajstić information content (AvgIpc) is 2.92. The van der Waals surface area contributed by atoms with Crippen molar-refractivity contribution in [1.82, 2.24) is 19.9 Å². The van der Waals surface area contributed by atoms with E-state index < -0.39 is 0 Å². The summed E-state index contributed by atoms with van der Waals surface area (Å²) in [5, 5.41) is 0. The second-order valence-corrected chi connectivity index (χ2v) is 10.5. The van der Waals surface area contributed by atoms with Crippen LogP contribution in [0.2, 0.25) is 0 Å². The van der Waals surface area contributed by atoms with Crippen molar-refractivity contribution in [1.29, 1.82) is 0 Å².